The maximum Gasteiger partial charge on any atom is 0.271 e. The minimum Gasteiger partial charge on any atom is -0.368 e. The molecular formula is C14H20N4O3. The maximum absolute atomic E-state index is 11.3. The second-order valence-corrected chi connectivity index (χ2v) is 5.49. The van der Waals surface area contributed by atoms with E-state index in [0.29, 0.717) is 11.7 Å². The molecule has 0 saturated carbocycles. The van der Waals surface area contributed by atoms with E-state index in [1.54, 1.807) is 6.07 Å². The molecule has 7 nitrogen and oxygen atoms in total. The molecule has 1 heterocycles. The Kier molecular flexibility index (Phi) is 4.42. The maximum atomic E-state index is 11.3. The molecule has 2 rings (SSSR count). The van der Waals surface area contributed by atoms with Crippen molar-refractivity contribution in [3.63, 3.8) is 0 Å². The highest BCUT2D eigenvalue weighted by atomic mass is 16.6. The lowest BCUT2D eigenvalue weighted by Crippen LogP contribution is -2.31. The van der Waals surface area contributed by atoms with Crippen LogP contribution in [-0.2, 0) is 4.79 Å². The zero-order chi connectivity index (χ0) is 15.6. The van der Waals surface area contributed by atoms with Gasteiger partial charge in [0.15, 0.2) is 0 Å². The SMILES string of the molecule is CC(=O)Nc1cc([N+](=O)[O-])ccc1N1CC[C@@H](N(C)C)C1. The smallest absolute Gasteiger partial charge is 0.271 e. The minimum absolute atomic E-state index is 0.0224. The highest BCUT2D eigenvalue weighted by Gasteiger charge is 2.26. The summed E-state index contributed by atoms with van der Waals surface area (Å²) in [5.74, 6) is -0.236. The van der Waals surface area contributed by atoms with Crippen molar-refractivity contribution in [2.24, 2.45) is 0 Å². The monoisotopic (exact) mass is 292 g/mol. The van der Waals surface area contributed by atoms with Crippen LogP contribution in [0.5, 0.6) is 0 Å². The predicted molar refractivity (Wildman–Crippen MR) is 81.7 cm³/mol. The number of rotatable bonds is 4. The van der Waals surface area contributed by atoms with Gasteiger partial charge in [0, 0.05) is 38.2 Å². The summed E-state index contributed by atoms with van der Waals surface area (Å²) in [5.41, 5.74) is 1.31. The molecule has 1 aliphatic heterocycles. The second kappa shape index (κ2) is 6.09. The van der Waals surface area contributed by atoms with Gasteiger partial charge in [-0.15, -0.1) is 0 Å². The molecule has 1 atom stereocenters. The van der Waals surface area contributed by atoms with E-state index in [-0.39, 0.29) is 11.6 Å². The lowest BCUT2D eigenvalue weighted by molar-refractivity contribution is -0.384. The summed E-state index contributed by atoms with van der Waals surface area (Å²) in [6.07, 6.45) is 1.03. The molecule has 21 heavy (non-hydrogen) atoms. The molecule has 0 radical (unpaired) electrons. The number of likely N-dealkylation sites (N-methyl/N-ethyl adjacent to an activating group) is 1. The molecule has 1 aliphatic rings. The first kappa shape index (κ1) is 15.2. The zero-order valence-corrected chi connectivity index (χ0v) is 12.5. The third kappa shape index (κ3) is 3.49. The zero-order valence-electron chi connectivity index (χ0n) is 12.5. The van der Waals surface area contributed by atoms with Gasteiger partial charge in [-0.05, 0) is 26.6 Å². The van der Waals surface area contributed by atoms with Crippen LogP contribution in [0.3, 0.4) is 0 Å². The summed E-state index contributed by atoms with van der Waals surface area (Å²) in [4.78, 5) is 26.1. The predicted octanol–water partition coefficient (Wildman–Crippen LogP) is 1.69. The van der Waals surface area contributed by atoms with E-state index in [4.69, 9.17) is 0 Å². The van der Waals surface area contributed by atoms with Gasteiger partial charge in [0.1, 0.15) is 0 Å². The first-order chi connectivity index (χ1) is 9.88. The number of amides is 1. The van der Waals surface area contributed by atoms with Crippen molar-refractivity contribution in [1.29, 1.82) is 0 Å². The summed E-state index contributed by atoms with van der Waals surface area (Å²) in [6, 6.07) is 5.05. The summed E-state index contributed by atoms with van der Waals surface area (Å²) in [6.45, 7) is 3.11. The third-order valence-electron chi connectivity index (χ3n) is 3.74. The summed E-state index contributed by atoms with van der Waals surface area (Å²) >= 11 is 0. The summed E-state index contributed by atoms with van der Waals surface area (Å²) < 4.78 is 0. The van der Waals surface area contributed by atoms with Gasteiger partial charge in [0.25, 0.3) is 5.69 Å². The summed E-state index contributed by atoms with van der Waals surface area (Å²) in [7, 11) is 4.08. The fourth-order valence-corrected chi connectivity index (χ4v) is 2.59. The Bertz CT molecular complexity index is 559. The lowest BCUT2D eigenvalue weighted by Gasteiger charge is -2.23. The van der Waals surface area contributed by atoms with Crippen LogP contribution in [0.2, 0.25) is 0 Å². The standard InChI is InChI=1S/C14H20N4O3/c1-10(19)15-13-8-11(18(20)21)4-5-14(13)17-7-6-12(9-17)16(2)3/h4-5,8,12H,6-7,9H2,1-3H3,(H,15,19)/t12-/m1/s1. The molecule has 0 aliphatic carbocycles. The Hall–Kier alpha value is -2.15. The van der Waals surface area contributed by atoms with Gasteiger partial charge < -0.3 is 15.1 Å². The van der Waals surface area contributed by atoms with Gasteiger partial charge in [-0.25, -0.2) is 0 Å². The van der Waals surface area contributed by atoms with Gasteiger partial charge in [-0.3, -0.25) is 14.9 Å². The molecule has 1 N–H and O–H groups in total. The molecule has 1 amide bonds. The fraction of sp³-hybridized carbons (Fsp3) is 0.500. The molecule has 7 heteroatoms. The van der Waals surface area contributed by atoms with Crippen LogP contribution in [0, 0.1) is 10.1 Å². The molecule has 0 aromatic heterocycles. The number of hydrogen-bond acceptors (Lipinski definition) is 5. The van der Waals surface area contributed by atoms with E-state index in [0.717, 1.165) is 25.2 Å². The molecule has 0 bridgehead atoms. The van der Waals surface area contributed by atoms with Crippen LogP contribution < -0.4 is 10.2 Å². The molecule has 0 spiro atoms. The van der Waals surface area contributed by atoms with E-state index < -0.39 is 4.92 Å². The Labute approximate surface area is 123 Å². The molecular weight excluding hydrogens is 272 g/mol. The number of benzene rings is 1. The third-order valence-corrected chi connectivity index (χ3v) is 3.74. The molecule has 1 aromatic rings. The van der Waals surface area contributed by atoms with Gasteiger partial charge >= 0.3 is 0 Å². The van der Waals surface area contributed by atoms with Crippen molar-refractivity contribution in [3.8, 4) is 0 Å². The van der Waals surface area contributed by atoms with E-state index in [2.05, 4.69) is 15.1 Å². The topological polar surface area (TPSA) is 78.7 Å². The number of nitro groups is 1. The van der Waals surface area contributed by atoms with Crippen LogP contribution in [-0.4, -0.2) is 49.0 Å². The average Bonchev–Trinajstić information content (AvgIpc) is 2.87. The van der Waals surface area contributed by atoms with Crippen LogP contribution in [0.4, 0.5) is 17.1 Å². The van der Waals surface area contributed by atoms with Gasteiger partial charge in [-0.1, -0.05) is 0 Å². The van der Waals surface area contributed by atoms with Gasteiger partial charge in [0.2, 0.25) is 5.91 Å². The molecule has 1 fully saturated rings. The highest BCUT2D eigenvalue weighted by molar-refractivity contribution is 5.93. The Morgan fingerprint density at radius 1 is 1.48 bits per heavy atom. The molecule has 1 aromatic carbocycles. The number of carbonyl (C=O) groups is 1. The quantitative estimate of drug-likeness (QED) is 0.675. The average molecular weight is 292 g/mol. The number of carbonyl (C=O) groups excluding carboxylic acids is 1. The second-order valence-electron chi connectivity index (χ2n) is 5.49. The first-order valence-electron chi connectivity index (χ1n) is 6.86. The number of hydrogen-bond donors (Lipinski definition) is 1. The van der Waals surface area contributed by atoms with Gasteiger partial charge in [-0.2, -0.15) is 0 Å². The van der Waals surface area contributed by atoms with Crippen LogP contribution in [0.15, 0.2) is 18.2 Å². The highest BCUT2D eigenvalue weighted by Crippen LogP contribution is 2.33. The van der Waals surface area contributed by atoms with Crippen molar-refractivity contribution >= 4 is 23.0 Å². The van der Waals surface area contributed by atoms with E-state index in [1.165, 1.54) is 19.1 Å². The number of non-ortho nitro benzene ring substituents is 1. The Morgan fingerprint density at radius 3 is 2.71 bits per heavy atom. The number of nitro benzene ring substituents is 1. The van der Waals surface area contributed by atoms with Gasteiger partial charge in [0.05, 0.1) is 16.3 Å². The molecule has 0 unspecified atom stereocenters. The van der Waals surface area contributed by atoms with Crippen LogP contribution in [0.1, 0.15) is 13.3 Å². The Morgan fingerprint density at radius 2 is 2.19 bits per heavy atom. The normalized spacial score (nSPS) is 18.1. The van der Waals surface area contributed by atoms with E-state index >= 15 is 0 Å². The number of anilines is 2. The van der Waals surface area contributed by atoms with E-state index in [1.807, 2.05) is 14.1 Å². The van der Waals surface area contributed by atoms with Crippen molar-refractivity contribution in [2.45, 2.75) is 19.4 Å². The van der Waals surface area contributed by atoms with Crippen molar-refractivity contribution in [1.82, 2.24) is 4.90 Å². The van der Waals surface area contributed by atoms with E-state index in [9.17, 15) is 14.9 Å². The Balaban J connectivity index is 2.30. The molecule has 114 valence electrons. The van der Waals surface area contributed by atoms with Crippen molar-refractivity contribution in [3.05, 3.63) is 28.3 Å². The van der Waals surface area contributed by atoms with Crippen LogP contribution in [0.25, 0.3) is 0 Å². The van der Waals surface area contributed by atoms with Crippen molar-refractivity contribution in [2.75, 3.05) is 37.4 Å². The molecule has 1 saturated heterocycles. The largest absolute Gasteiger partial charge is 0.368 e. The van der Waals surface area contributed by atoms with Crippen LogP contribution >= 0.6 is 0 Å². The fourth-order valence-electron chi connectivity index (χ4n) is 2.59. The minimum atomic E-state index is -0.457. The number of nitrogens with zero attached hydrogens (tertiary/aromatic N) is 3. The summed E-state index contributed by atoms with van der Waals surface area (Å²) in [5, 5.41) is 13.6. The lowest BCUT2D eigenvalue weighted by atomic mass is 10.2. The first-order valence-corrected chi connectivity index (χ1v) is 6.86. The number of nitrogens with one attached hydrogen (secondary N) is 1. The van der Waals surface area contributed by atoms with Crippen molar-refractivity contribution < 1.29 is 9.72 Å².